The van der Waals surface area contributed by atoms with E-state index in [0.717, 1.165) is 69.7 Å². The molecule has 7 fully saturated rings. The van der Waals surface area contributed by atoms with Gasteiger partial charge in [0.2, 0.25) is 0 Å². The Kier molecular flexibility index (Phi) is 13.7. The van der Waals surface area contributed by atoms with Gasteiger partial charge in [0, 0.05) is 51.3 Å². The topological polar surface area (TPSA) is 118 Å². The first-order chi connectivity index (χ1) is 30.3. The van der Waals surface area contributed by atoms with Crippen molar-refractivity contribution in [3.05, 3.63) is 35.4 Å². The number of allylic oxidation sites excluding steroid dienone is 1. The Labute approximate surface area is 384 Å². The molecule has 0 spiro atoms. The molecule has 0 aromatic heterocycles. The standard InChI is InChI=1S/C53H81N3O8/c1-28(17-48(58)62-44-19-36-29(2)22-54(9)25-39(36)32(44)5)13-15-42-49(51(59)63-45-20-37-30(3)23-55(10)26-40(37)33(45)6)50(35-14-16-43(57)47(18-35)61-12)53(42,8)52(60)64-46-21-38-31(4)24-56(11)27-41(38)34(46)7/h14,16-18,29-34,36-42,44-46,49-50,57H,13,15,19-27H2,1-12H3/b28-17+/t29-,30-,31-,32-,33-,34-,36-,37-,38-,39+,40+,41+,42-,44+,45+,46-,49-,50-,53-/m0/s1. The van der Waals surface area contributed by atoms with Crippen molar-refractivity contribution in [1.29, 1.82) is 0 Å². The quantitative estimate of drug-likeness (QED) is 0.134. The molecule has 64 heavy (non-hydrogen) atoms. The van der Waals surface area contributed by atoms with Crippen LogP contribution in [-0.4, -0.2) is 124 Å². The zero-order chi connectivity index (χ0) is 46.1. The lowest BCUT2D eigenvalue weighted by Gasteiger charge is -2.57. The molecular formula is C53H81N3O8. The third-order valence-corrected chi connectivity index (χ3v) is 19.0. The second-order valence-electron chi connectivity index (χ2n) is 23.1. The fourth-order valence-electron chi connectivity index (χ4n) is 15.4. The molecule has 1 aromatic carbocycles. The molecule has 11 nitrogen and oxygen atoms in total. The molecule has 3 aliphatic heterocycles. The Morgan fingerprint density at radius 3 is 1.66 bits per heavy atom. The molecule has 7 aliphatic rings. The van der Waals surface area contributed by atoms with Gasteiger partial charge in [-0.2, -0.15) is 0 Å². The Bertz CT molecular complexity index is 1920. The number of piperidine rings is 3. The minimum Gasteiger partial charge on any atom is -0.504 e. The van der Waals surface area contributed by atoms with E-state index >= 15 is 9.59 Å². The maximum atomic E-state index is 15.3. The lowest BCUT2D eigenvalue weighted by atomic mass is 9.44. The summed E-state index contributed by atoms with van der Waals surface area (Å²) in [5, 5.41) is 10.7. The van der Waals surface area contributed by atoms with Crippen molar-refractivity contribution in [3.63, 3.8) is 0 Å². The monoisotopic (exact) mass is 888 g/mol. The minimum atomic E-state index is -1.10. The van der Waals surface area contributed by atoms with Gasteiger partial charge in [-0.25, -0.2) is 4.79 Å². The van der Waals surface area contributed by atoms with Crippen LogP contribution >= 0.6 is 0 Å². The Hall–Kier alpha value is -3.15. The molecule has 0 radical (unpaired) electrons. The molecule has 356 valence electrons. The number of hydrogen-bond donors (Lipinski definition) is 1. The van der Waals surface area contributed by atoms with Crippen molar-refractivity contribution in [2.75, 3.05) is 67.5 Å². The summed E-state index contributed by atoms with van der Waals surface area (Å²) in [6.45, 7) is 23.8. The van der Waals surface area contributed by atoms with E-state index in [4.69, 9.17) is 18.9 Å². The van der Waals surface area contributed by atoms with Crippen molar-refractivity contribution in [1.82, 2.24) is 14.7 Å². The number of carbonyl (C=O) groups is 3. The second kappa shape index (κ2) is 18.5. The van der Waals surface area contributed by atoms with Gasteiger partial charge in [0.05, 0.1) is 18.4 Å². The van der Waals surface area contributed by atoms with Crippen LogP contribution in [0.3, 0.4) is 0 Å². The summed E-state index contributed by atoms with van der Waals surface area (Å²) in [5.74, 6) is 3.00. The maximum Gasteiger partial charge on any atom is 0.330 e. The van der Waals surface area contributed by atoms with Gasteiger partial charge in [-0.1, -0.05) is 53.2 Å². The van der Waals surface area contributed by atoms with E-state index < -0.39 is 23.2 Å². The Morgan fingerprint density at radius 2 is 1.17 bits per heavy atom. The van der Waals surface area contributed by atoms with E-state index in [1.807, 2.05) is 19.9 Å². The molecule has 0 unspecified atom stereocenters. The second-order valence-corrected chi connectivity index (χ2v) is 23.1. The average molecular weight is 888 g/mol. The predicted molar refractivity (Wildman–Crippen MR) is 247 cm³/mol. The number of aromatic hydroxyl groups is 1. The molecule has 19 atom stereocenters. The van der Waals surface area contributed by atoms with Gasteiger partial charge in [-0.15, -0.1) is 0 Å². The number of fused-ring (bicyclic) bond motifs is 3. The predicted octanol–water partition coefficient (Wildman–Crippen LogP) is 7.76. The number of benzene rings is 1. The van der Waals surface area contributed by atoms with Crippen molar-refractivity contribution >= 4 is 17.9 Å². The molecule has 3 saturated heterocycles. The van der Waals surface area contributed by atoms with Crippen LogP contribution in [0.25, 0.3) is 0 Å². The number of carbonyl (C=O) groups excluding carboxylic acids is 3. The lowest BCUT2D eigenvalue weighted by Crippen LogP contribution is -2.61. The molecule has 11 heteroatoms. The van der Waals surface area contributed by atoms with Crippen LogP contribution in [0.2, 0.25) is 0 Å². The number of phenolic OH excluding ortho intramolecular Hbond substituents is 1. The van der Waals surface area contributed by atoms with Gasteiger partial charge >= 0.3 is 17.9 Å². The zero-order valence-electron chi connectivity index (χ0n) is 41.1. The molecule has 0 bridgehead atoms. The smallest absolute Gasteiger partial charge is 0.330 e. The maximum absolute atomic E-state index is 15.3. The molecular weight excluding hydrogens is 807 g/mol. The fourth-order valence-corrected chi connectivity index (χ4v) is 15.4. The Morgan fingerprint density at radius 1 is 0.703 bits per heavy atom. The summed E-state index contributed by atoms with van der Waals surface area (Å²) in [6.07, 6.45) is 4.67. The number of hydrogen-bond acceptors (Lipinski definition) is 11. The van der Waals surface area contributed by atoms with Crippen molar-refractivity contribution in [2.45, 2.75) is 112 Å². The number of esters is 3. The van der Waals surface area contributed by atoms with E-state index in [2.05, 4.69) is 77.4 Å². The van der Waals surface area contributed by atoms with E-state index in [9.17, 15) is 9.90 Å². The van der Waals surface area contributed by atoms with Crippen LogP contribution in [0.5, 0.6) is 11.5 Å². The summed E-state index contributed by atoms with van der Waals surface area (Å²) in [6, 6.07) is 5.19. The molecule has 1 aromatic rings. The van der Waals surface area contributed by atoms with Gasteiger partial charge in [-0.3, -0.25) is 9.59 Å². The minimum absolute atomic E-state index is 0.00580. The first-order valence-electron chi connectivity index (χ1n) is 25.0. The first kappa shape index (κ1) is 47.3. The molecule has 4 saturated carbocycles. The number of likely N-dealkylation sites (tertiary alicyclic amines) is 3. The molecule has 3 heterocycles. The highest BCUT2D eigenvalue weighted by Gasteiger charge is 2.68. The summed E-state index contributed by atoms with van der Waals surface area (Å²) in [7, 11) is 8.07. The van der Waals surface area contributed by atoms with Crippen LogP contribution in [0.4, 0.5) is 0 Å². The normalized spacial score (nSPS) is 43.7. The van der Waals surface area contributed by atoms with E-state index in [1.165, 1.54) is 7.11 Å². The SMILES string of the molecule is COc1cc([C@H]2[C@@H](C(=O)O[C@@H]3C[C@@H]4[C@H](CN(C)C[C@@H]4C)[C@@H]3C)[C@H](CC/C(C)=C/C(=O)O[C@@H]3C[C@@H]4[C@H](CN(C)C[C@@H]4C)[C@@H]3C)[C@]2(C)C(=O)O[C@H]2C[C@@H]3[C@H](CN(C)C[C@@H]3C)[C@@H]2C)ccc1O. The van der Waals surface area contributed by atoms with Crippen LogP contribution in [-0.2, 0) is 28.6 Å². The highest BCUT2D eigenvalue weighted by Crippen LogP contribution is 2.65. The van der Waals surface area contributed by atoms with Crippen LogP contribution in [0, 0.1) is 88.3 Å². The lowest BCUT2D eigenvalue weighted by molar-refractivity contribution is -0.197. The molecule has 8 rings (SSSR count). The van der Waals surface area contributed by atoms with Gasteiger partial charge in [0.1, 0.15) is 18.3 Å². The highest BCUT2D eigenvalue weighted by atomic mass is 16.6. The van der Waals surface area contributed by atoms with Crippen molar-refractivity contribution in [2.24, 2.45) is 88.3 Å². The van der Waals surface area contributed by atoms with Gasteiger partial charge in [-0.05, 0) is 162 Å². The van der Waals surface area contributed by atoms with Crippen molar-refractivity contribution < 1.29 is 38.4 Å². The van der Waals surface area contributed by atoms with E-state index in [1.54, 1.807) is 18.2 Å². The van der Waals surface area contributed by atoms with Gasteiger partial charge in [0.25, 0.3) is 0 Å². The van der Waals surface area contributed by atoms with Crippen molar-refractivity contribution in [3.8, 4) is 11.5 Å². The molecule has 0 amide bonds. The van der Waals surface area contributed by atoms with E-state index in [-0.39, 0.29) is 59.6 Å². The van der Waals surface area contributed by atoms with Gasteiger partial charge in [0.15, 0.2) is 11.5 Å². The summed E-state index contributed by atoms with van der Waals surface area (Å²) < 4.78 is 25.3. The third-order valence-electron chi connectivity index (χ3n) is 19.0. The number of rotatable bonds is 11. The molecule has 4 aliphatic carbocycles. The van der Waals surface area contributed by atoms with Gasteiger partial charge < -0.3 is 38.8 Å². The van der Waals surface area contributed by atoms with Crippen LogP contribution in [0.1, 0.15) is 99.0 Å². The third kappa shape index (κ3) is 8.65. The summed E-state index contributed by atoms with van der Waals surface area (Å²) in [4.78, 5) is 51.2. The number of phenols is 1. The van der Waals surface area contributed by atoms with E-state index in [0.29, 0.717) is 72.0 Å². The highest BCUT2D eigenvalue weighted by molar-refractivity contribution is 5.87. The average Bonchev–Trinajstić information content (AvgIpc) is 3.83. The first-order valence-corrected chi connectivity index (χ1v) is 25.0. The fraction of sp³-hybridized carbons (Fsp3) is 0.792. The number of ether oxygens (including phenoxy) is 4. The number of nitrogens with zero attached hydrogens (tertiary/aromatic N) is 3. The molecule has 1 N–H and O–H groups in total. The largest absolute Gasteiger partial charge is 0.504 e. The summed E-state index contributed by atoms with van der Waals surface area (Å²) >= 11 is 0. The summed E-state index contributed by atoms with van der Waals surface area (Å²) in [5.41, 5.74) is 0.493. The zero-order valence-corrected chi connectivity index (χ0v) is 41.1. The van der Waals surface area contributed by atoms with Crippen LogP contribution < -0.4 is 4.74 Å². The van der Waals surface area contributed by atoms with Crippen LogP contribution in [0.15, 0.2) is 29.8 Å². The number of methoxy groups -OCH3 is 1. The Balaban J connectivity index is 1.07.